The molecule has 2 atom stereocenters. The average molecular weight is 192 g/mol. The van der Waals surface area contributed by atoms with Crippen LogP contribution in [0.5, 0.6) is 0 Å². The Labute approximate surface area is 83.0 Å². The maximum Gasteiger partial charge on any atom is 0.0565 e. The first-order chi connectivity index (χ1) is 5.80. The first-order valence-electron chi connectivity index (χ1n) is 4.93. The quantitative estimate of drug-likeness (QED) is 0.565. The van der Waals surface area contributed by atoms with Gasteiger partial charge in [-0.3, -0.25) is 0 Å². The second-order valence-electron chi connectivity index (χ2n) is 2.83. The van der Waals surface area contributed by atoms with Gasteiger partial charge in [0.05, 0.1) is 6.10 Å². The molecule has 1 aliphatic carbocycles. The highest BCUT2D eigenvalue weighted by Gasteiger charge is 2.17. The molecule has 0 heterocycles. The molecule has 0 spiro atoms. The highest BCUT2D eigenvalue weighted by Crippen LogP contribution is 2.22. The zero-order valence-electron chi connectivity index (χ0n) is 8.88. The maximum atomic E-state index is 9.18. The summed E-state index contributed by atoms with van der Waals surface area (Å²) in [6.45, 7) is 6.13. The Morgan fingerprint density at radius 2 is 1.50 bits per heavy atom. The molecule has 1 saturated carbocycles. The van der Waals surface area contributed by atoms with Crippen LogP contribution in [0.3, 0.4) is 0 Å². The number of hydrogen-bond donors (Lipinski definition) is 2. The second kappa shape index (κ2) is 11.3. The molecule has 0 saturated heterocycles. The van der Waals surface area contributed by atoms with Crippen LogP contribution in [0.2, 0.25) is 0 Å². The van der Waals surface area contributed by atoms with Crippen LogP contribution < -0.4 is 0 Å². The summed E-state index contributed by atoms with van der Waals surface area (Å²) in [6.07, 6.45) is 6.50. The molecule has 0 aromatic carbocycles. The smallest absolute Gasteiger partial charge is 0.0565 e. The van der Waals surface area contributed by atoms with Crippen LogP contribution in [-0.2, 0) is 0 Å². The summed E-state index contributed by atoms with van der Waals surface area (Å²) < 4.78 is 0. The number of rotatable bonds is 0. The molecule has 0 amide bonds. The first-order valence-corrected chi connectivity index (χ1v) is 5.83. The van der Waals surface area contributed by atoms with Crippen molar-refractivity contribution in [2.24, 2.45) is 5.92 Å². The Morgan fingerprint density at radius 3 is 1.75 bits per heavy atom. The van der Waals surface area contributed by atoms with E-state index in [1.54, 1.807) is 6.26 Å². The summed E-state index contributed by atoms with van der Waals surface area (Å²) in [5, 5.41) is 9.18. The molecule has 76 valence electrons. The molecule has 1 rings (SSSR count). The molecule has 0 aliphatic heterocycles. The highest BCUT2D eigenvalue weighted by molar-refractivity contribution is 7.79. The Hall–Kier alpha value is 0.310. The van der Waals surface area contributed by atoms with Crippen LogP contribution >= 0.6 is 12.6 Å². The van der Waals surface area contributed by atoms with Crippen molar-refractivity contribution in [2.75, 3.05) is 6.26 Å². The normalized spacial score (nSPS) is 27.5. The third-order valence-electron chi connectivity index (χ3n) is 2.07. The third-order valence-corrected chi connectivity index (χ3v) is 2.07. The first kappa shape index (κ1) is 14.8. The van der Waals surface area contributed by atoms with Crippen LogP contribution in [0, 0.1) is 5.92 Å². The maximum absolute atomic E-state index is 9.18. The molecule has 12 heavy (non-hydrogen) atoms. The fraction of sp³-hybridized carbons (Fsp3) is 1.00. The lowest BCUT2D eigenvalue weighted by Crippen LogP contribution is -2.21. The summed E-state index contributed by atoms with van der Waals surface area (Å²) >= 11 is 3.53. The minimum Gasteiger partial charge on any atom is -0.393 e. The van der Waals surface area contributed by atoms with Crippen molar-refractivity contribution < 1.29 is 5.11 Å². The zero-order chi connectivity index (χ0) is 9.98. The molecule has 0 aromatic rings. The van der Waals surface area contributed by atoms with Gasteiger partial charge in [-0.25, -0.2) is 0 Å². The number of aliphatic hydroxyl groups excluding tert-OH is 1. The largest absolute Gasteiger partial charge is 0.393 e. The predicted octanol–water partition coefficient (Wildman–Crippen LogP) is 3.13. The molecule has 0 radical (unpaired) electrons. The van der Waals surface area contributed by atoms with Crippen molar-refractivity contribution in [1.82, 2.24) is 0 Å². The lowest BCUT2D eigenvalue weighted by atomic mass is 9.88. The summed E-state index contributed by atoms with van der Waals surface area (Å²) in [6, 6.07) is 0. The average Bonchev–Trinajstić information content (AvgIpc) is 2.17. The van der Waals surface area contributed by atoms with E-state index >= 15 is 0 Å². The van der Waals surface area contributed by atoms with Crippen molar-refractivity contribution in [3.8, 4) is 0 Å². The van der Waals surface area contributed by atoms with E-state index in [1.165, 1.54) is 19.3 Å². The van der Waals surface area contributed by atoms with E-state index in [2.05, 4.69) is 19.6 Å². The second-order valence-corrected chi connectivity index (χ2v) is 2.83. The van der Waals surface area contributed by atoms with Crippen molar-refractivity contribution >= 4 is 12.6 Å². The molecule has 0 aromatic heterocycles. The minimum absolute atomic E-state index is 0.00347. The van der Waals surface area contributed by atoms with E-state index < -0.39 is 0 Å². The molecule has 0 bridgehead atoms. The highest BCUT2D eigenvalue weighted by atomic mass is 32.1. The van der Waals surface area contributed by atoms with Gasteiger partial charge in [-0.15, -0.1) is 0 Å². The number of hydrogen-bond acceptors (Lipinski definition) is 2. The minimum atomic E-state index is 0.00347. The van der Waals surface area contributed by atoms with Gasteiger partial charge in [0.2, 0.25) is 0 Å². The Kier molecular flexibility index (Phi) is 14.0. The molecule has 1 N–H and O–H groups in total. The van der Waals surface area contributed by atoms with Crippen molar-refractivity contribution in [3.05, 3.63) is 0 Å². The fourth-order valence-corrected chi connectivity index (χ4v) is 1.30. The van der Waals surface area contributed by atoms with Gasteiger partial charge in [-0.2, -0.15) is 12.6 Å². The molecule has 1 fully saturated rings. The number of aliphatic hydroxyl groups is 1. The van der Waals surface area contributed by atoms with Gasteiger partial charge in [-0.1, -0.05) is 33.6 Å². The van der Waals surface area contributed by atoms with Crippen LogP contribution in [0.4, 0.5) is 0 Å². The van der Waals surface area contributed by atoms with Gasteiger partial charge in [-0.05, 0) is 25.0 Å². The molecule has 1 aliphatic rings. The van der Waals surface area contributed by atoms with Crippen LogP contribution in [-0.4, -0.2) is 17.5 Å². The monoisotopic (exact) mass is 192 g/mol. The lowest BCUT2D eigenvalue weighted by molar-refractivity contribution is 0.0793. The van der Waals surface area contributed by atoms with E-state index in [0.717, 1.165) is 6.42 Å². The Bertz CT molecular complexity index is 66.2. The predicted molar refractivity (Wildman–Crippen MR) is 59.9 cm³/mol. The van der Waals surface area contributed by atoms with E-state index in [-0.39, 0.29) is 6.10 Å². The molecule has 2 unspecified atom stereocenters. The van der Waals surface area contributed by atoms with Crippen LogP contribution in [0.25, 0.3) is 0 Å². The van der Waals surface area contributed by atoms with Gasteiger partial charge in [0.15, 0.2) is 0 Å². The Balaban J connectivity index is 0. The molecular formula is C10H24OS. The van der Waals surface area contributed by atoms with Crippen molar-refractivity contribution in [2.45, 2.75) is 52.6 Å². The van der Waals surface area contributed by atoms with Crippen LogP contribution in [0.15, 0.2) is 0 Å². The van der Waals surface area contributed by atoms with Gasteiger partial charge >= 0.3 is 0 Å². The summed E-state index contributed by atoms with van der Waals surface area (Å²) in [5.74, 6) is 0.559. The lowest BCUT2D eigenvalue weighted by Gasteiger charge is -2.23. The summed E-state index contributed by atoms with van der Waals surface area (Å²) in [5.41, 5.74) is 0. The van der Waals surface area contributed by atoms with Crippen molar-refractivity contribution in [1.29, 1.82) is 0 Å². The van der Waals surface area contributed by atoms with E-state index in [4.69, 9.17) is 0 Å². The van der Waals surface area contributed by atoms with Gasteiger partial charge in [0.1, 0.15) is 0 Å². The van der Waals surface area contributed by atoms with Gasteiger partial charge in [0.25, 0.3) is 0 Å². The molecular weight excluding hydrogens is 168 g/mol. The van der Waals surface area contributed by atoms with E-state index in [1.807, 2.05) is 13.8 Å². The third kappa shape index (κ3) is 6.99. The topological polar surface area (TPSA) is 20.2 Å². The zero-order valence-corrected chi connectivity index (χ0v) is 9.77. The fourth-order valence-electron chi connectivity index (χ4n) is 1.30. The number of thiol groups is 1. The SMILES string of the molecule is CC.CC1CCCCC1O.CS. The van der Waals surface area contributed by atoms with Crippen molar-refractivity contribution in [3.63, 3.8) is 0 Å². The Morgan fingerprint density at radius 1 is 1.08 bits per heavy atom. The van der Waals surface area contributed by atoms with E-state index in [9.17, 15) is 5.11 Å². The van der Waals surface area contributed by atoms with E-state index in [0.29, 0.717) is 5.92 Å². The van der Waals surface area contributed by atoms with Gasteiger partial charge < -0.3 is 5.11 Å². The molecule has 1 nitrogen and oxygen atoms in total. The van der Waals surface area contributed by atoms with Gasteiger partial charge in [0, 0.05) is 0 Å². The summed E-state index contributed by atoms with van der Waals surface area (Å²) in [4.78, 5) is 0. The molecule has 2 heteroatoms. The standard InChI is InChI=1S/C7H14O.C2H6.CH4S/c1-6-4-2-3-5-7(6)8;2*1-2/h6-8H,2-5H2,1H3;1-2H3;2H,1H3. The summed E-state index contributed by atoms with van der Waals surface area (Å²) in [7, 11) is 0. The van der Waals surface area contributed by atoms with Crippen LogP contribution in [0.1, 0.15) is 46.5 Å².